The number of imide groups is 2. The zero-order chi connectivity index (χ0) is 15.9. The molecule has 22 heavy (non-hydrogen) atoms. The van der Waals surface area contributed by atoms with E-state index < -0.39 is 23.8 Å². The van der Waals surface area contributed by atoms with Gasteiger partial charge in [0.05, 0.1) is 17.7 Å². The first-order chi connectivity index (χ1) is 10.5. The van der Waals surface area contributed by atoms with E-state index in [1.807, 2.05) is 0 Å². The van der Waals surface area contributed by atoms with Crippen molar-refractivity contribution in [2.24, 2.45) is 5.73 Å². The minimum absolute atomic E-state index is 0.00814. The molecule has 2 aliphatic rings. The van der Waals surface area contributed by atoms with E-state index in [0.717, 1.165) is 15.6 Å². The van der Waals surface area contributed by atoms with Crippen molar-refractivity contribution >= 4 is 23.8 Å². The molecule has 1 aromatic rings. The summed E-state index contributed by atoms with van der Waals surface area (Å²) in [5.41, 5.74) is 6.83. The summed E-state index contributed by atoms with van der Waals surface area (Å²) in [6.45, 7) is 0.424. The Labute approximate surface area is 125 Å². The van der Waals surface area contributed by atoms with Gasteiger partial charge in [-0.3, -0.25) is 19.7 Å². The molecule has 0 aliphatic carbocycles. The number of carbonyl (C=O) groups excluding carboxylic acids is 4. The summed E-state index contributed by atoms with van der Waals surface area (Å²) in [5, 5.41) is 3.85. The molecule has 0 aromatic heterocycles. The molecule has 3 rings (SSSR count). The number of urea groups is 1. The number of rotatable bonds is 3. The minimum atomic E-state index is -0.770. The van der Waals surface area contributed by atoms with Crippen LogP contribution in [0.25, 0.3) is 0 Å². The van der Waals surface area contributed by atoms with Crippen LogP contribution in [0.5, 0.6) is 0 Å². The second kappa shape index (κ2) is 5.23. The number of nitrogens with zero attached hydrogens (tertiary/aromatic N) is 2. The van der Waals surface area contributed by atoms with Gasteiger partial charge in [-0.05, 0) is 30.7 Å². The lowest BCUT2D eigenvalue weighted by Gasteiger charge is -2.32. The summed E-state index contributed by atoms with van der Waals surface area (Å²) in [6.07, 6.45) is 0.630. The number of hydrazine groups is 1. The van der Waals surface area contributed by atoms with Crippen LogP contribution in [0.15, 0.2) is 18.2 Å². The van der Waals surface area contributed by atoms with E-state index >= 15 is 0 Å². The molecule has 3 N–H and O–H groups in total. The van der Waals surface area contributed by atoms with Crippen LogP contribution in [-0.4, -0.2) is 46.9 Å². The fourth-order valence-corrected chi connectivity index (χ4v) is 2.56. The van der Waals surface area contributed by atoms with Gasteiger partial charge in [-0.15, -0.1) is 0 Å². The molecule has 1 aromatic carbocycles. The predicted octanol–water partition coefficient (Wildman–Crippen LogP) is -0.359. The molecule has 5 amide bonds. The highest BCUT2D eigenvalue weighted by molar-refractivity contribution is 6.22. The van der Waals surface area contributed by atoms with Gasteiger partial charge in [0.15, 0.2) is 0 Å². The first kappa shape index (κ1) is 14.2. The first-order valence-corrected chi connectivity index (χ1v) is 6.86. The molecule has 0 saturated carbocycles. The maximum absolute atomic E-state index is 12.5. The number of amides is 5. The number of nitrogens with two attached hydrogens (primary N) is 1. The normalized spacial score (nSPS) is 17.9. The van der Waals surface area contributed by atoms with Crippen molar-refractivity contribution in [3.63, 3.8) is 0 Å². The first-order valence-electron chi connectivity index (χ1n) is 6.86. The highest BCUT2D eigenvalue weighted by Crippen LogP contribution is 2.26. The molecule has 8 heteroatoms. The third-order valence-corrected chi connectivity index (χ3v) is 3.64. The molecule has 0 radical (unpaired) electrons. The van der Waals surface area contributed by atoms with E-state index in [-0.39, 0.29) is 24.1 Å². The Morgan fingerprint density at radius 1 is 1.09 bits per heavy atom. The van der Waals surface area contributed by atoms with Gasteiger partial charge in [-0.25, -0.2) is 9.80 Å². The zero-order valence-electron chi connectivity index (χ0n) is 11.7. The molecule has 2 aliphatic heterocycles. The predicted molar refractivity (Wildman–Crippen MR) is 74.6 cm³/mol. The Morgan fingerprint density at radius 3 is 2.50 bits per heavy atom. The Morgan fingerprint density at radius 2 is 1.82 bits per heavy atom. The summed E-state index contributed by atoms with van der Waals surface area (Å²) in [6, 6.07) is 4.15. The SMILES string of the molecule is NCCc1ccc2c(c1)C(=O)N(N1CCC(=O)NC1=O)C2=O. The zero-order valence-corrected chi connectivity index (χ0v) is 11.7. The lowest BCUT2D eigenvalue weighted by Crippen LogP contribution is -2.58. The molecule has 0 bridgehead atoms. The van der Waals surface area contributed by atoms with Gasteiger partial charge in [0.1, 0.15) is 0 Å². The number of hydrogen-bond acceptors (Lipinski definition) is 5. The number of carbonyl (C=O) groups is 4. The number of hydrogen-bond donors (Lipinski definition) is 2. The van der Waals surface area contributed by atoms with Gasteiger partial charge >= 0.3 is 6.03 Å². The summed E-state index contributed by atoms with van der Waals surface area (Å²) in [4.78, 5) is 47.8. The number of fused-ring (bicyclic) bond motifs is 1. The topological polar surface area (TPSA) is 113 Å². The molecule has 0 spiro atoms. The van der Waals surface area contributed by atoms with Crippen molar-refractivity contribution in [2.45, 2.75) is 12.8 Å². The Kier molecular flexibility index (Phi) is 3.38. The Hall–Kier alpha value is -2.74. The van der Waals surface area contributed by atoms with Gasteiger partial charge in [0, 0.05) is 6.42 Å². The largest absolute Gasteiger partial charge is 0.343 e. The molecule has 1 saturated heterocycles. The highest BCUT2D eigenvalue weighted by Gasteiger charge is 2.43. The maximum atomic E-state index is 12.5. The molecule has 0 atom stereocenters. The van der Waals surface area contributed by atoms with Crippen LogP contribution in [0.3, 0.4) is 0 Å². The average Bonchev–Trinajstić information content (AvgIpc) is 2.72. The second-order valence-corrected chi connectivity index (χ2v) is 5.07. The molecule has 8 nitrogen and oxygen atoms in total. The van der Waals surface area contributed by atoms with Crippen LogP contribution in [0.4, 0.5) is 4.79 Å². The Bertz CT molecular complexity index is 700. The van der Waals surface area contributed by atoms with Gasteiger partial charge in [-0.2, -0.15) is 5.01 Å². The smallest absolute Gasteiger partial charge is 0.330 e. The standard InChI is InChI=1S/C14H14N4O4/c15-5-3-8-1-2-9-10(7-8)13(21)18(12(9)20)17-6-4-11(19)16-14(17)22/h1-2,7H,3-6,15H2,(H,16,19,22). The van der Waals surface area contributed by atoms with Crippen molar-refractivity contribution in [3.05, 3.63) is 34.9 Å². The van der Waals surface area contributed by atoms with Crippen molar-refractivity contribution in [1.29, 1.82) is 0 Å². The van der Waals surface area contributed by atoms with Crippen LogP contribution in [-0.2, 0) is 11.2 Å². The van der Waals surface area contributed by atoms with Crippen LogP contribution in [0.2, 0.25) is 0 Å². The molecule has 0 unspecified atom stereocenters. The van der Waals surface area contributed by atoms with Crippen LogP contribution in [0.1, 0.15) is 32.7 Å². The van der Waals surface area contributed by atoms with Crippen molar-refractivity contribution in [3.8, 4) is 0 Å². The molecular formula is C14H14N4O4. The monoisotopic (exact) mass is 302 g/mol. The average molecular weight is 302 g/mol. The second-order valence-electron chi connectivity index (χ2n) is 5.07. The number of nitrogens with one attached hydrogen (secondary N) is 1. The summed E-state index contributed by atoms with van der Waals surface area (Å²) >= 11 is 0. The van der Waals surface area contributed by atoms with Crippen molar-refractivity contribution < 1.29 is 19.2 Å². The van der Waals surface area contributed by atoms with E-state index in [2.05, 4.69) is 5.32 Å². The van der Waals surface area contributed by atoms with Crippen molar-refractivity contribution in [1.82, 2.24) is 15.3 Å². The summed E-state index contributed by atoms with van der Waals surface area (Å²) in [7, 11) is 0. The summed E-state index contributed by atoms with van der Waals surface area (Å²) < 4.78 is 0. The van der Waals surface area contributed by atoms with E-state index in [0.29, 0.717) is 13.0 Å². The molecule has 2 heterocycles. The number of benzene rings is 1. The van der Waals surface area contributed by atoms with Crippen molar-refractivity contribution in [2.75, 3.05) is 13.1 Å². The fourth-order valence-electron chi connectivity index (χ4n) is 2.56. The van der Waals surface area contributed by atoms with Crippen LogP contribution in [0, 0.1) is 0 Å². The fraction of sp³-hybridized carbons (Fsp3) is 0.286. The molecular weight excluding hydrogens is 288 g/mol. The van der Waals surface area contributed by atoms with E-state index in [1.165, 1.54) is 0 Å². The maximum Gasteiger partial charge on any atom is 0.343 e. The van der Waals surface area contributed by atoms with E-state index in [4.69, 9.17) is 5.73 Å². The van der Waals surface area contributed by atoms with Gasteiger partial charge in [-0.1, -0.05) is 6.07 Å². The molecule has 1 fully saturated rings. The summed E-state index contributed by atoms with van der Waals surface area (Å²) in [5.74, 6) is -1.56. The highest BCUT2D eigenvalue weighted by atomic mass is 16.2. The van der Waals surface area contributed by atoms with Gasteiger partial charge < -0.3 is 5.73 Å². The quantitative estimate of drug-likeness (QED) is 0.740. The van der Waals surface area contributed by atoms with Crippen LogP contribution >= 0.6 is 0 Å². The molecule has 114 valence electrons. The van der Waals surface area contributed by atoms with Gasteiger partial charge in [0.2, 0.25) is 5.91 Å². The minimum Gasteiger partial charge on any atom is -0.330 e. The van der Waals surface area contributed by atoms with Gasteiger partial charge in [0.25, 0.3) is 11.8 Å². The van der Waals surface area contributed by atoms with Crippen LogP contribution < -0.4 is 11.1 Å². The Balaban J connectivity index is 1.93. The van der Waals surface area contributed by atoms with E-state index in [1.54, 1.807) is 18.2 Å². The lowest BCUT2D eigenvalue weighted by molar-refractivity contribution is -0.122. The third-order valence-electron chi connectivity index (χ3n) is 3.64. The lowest BCUT2D eigenvalue weighted by atomic mass is 10.0. The third kappa shape index (κ3) is 2.13. The van der Waals surface area contributed by atoms with E-state index in [9.17, 15) is 19.2 Å².